The van der Waals surface area contributed by atoms with E-state index in [0.717, 1.165) is 5.69 Å². The van der Waals surface area contributed by atoms with Gasteiger partial charge in [0.1, 0.15) is 5.82 Å². The van der Waals surface area contributed by atoms with Crippen LogP contribution in [0.3, 0.4) is 0 Å². The zero-order valence-electron chi connectivity index (χ0n) is 10.6. The van der Waals surface area contributed by atoms with Crippen LogP contribution in [-0.4, -0.2) is 25.9 Å². The van der Waals surface area contributed by atoms with E-state index in [9.17, 15) is 4.79 Å². The lowest BCUT2D eigenvalue weighted by Gasteiger charge is -2.08. The lowest BCUT2D eigenvalue weighted by molar-refractivity contribution is 0.102. The molecule has 2 aromatic rings. The predicted octanol–water partition coefficient (Wildman–Crippen LogP) is 1.33. The summed E-state index contributed by atoms with van der Waals surface area (Å²) in [5.41, 5.74) is 1.98. The third-order valence-electron chi connectivity index (χ3n) is 2.63. The molecule has 0 spiro atoms. The number of nitrogens with zero attached hydrogens (tertiary/aromatic N) is 4. The summed E-state index contributed by atoms with van der Waals surface area (Å²) in [6, 6.07) is 3.49. The standard InChI is InChI=1S/C12H15N5O/c1-4-10-9(7-8(2)15-16-10)12(18)14-11-5-6-13-17(11)3/h5-7H,4H2,1-3H3,(H,14,18). The quantitative estimate of drug-likeness (QED) is 0.885. The van der Waals surface area contributed by atoms with Crippen molar-refractivity contribution in [3.05, 3.63) is 35.3 Å². The van der Waals surface area contributed by atoms with E-state index in [1.54, 1.807) is 30.1 Å². The summed E-state index contributed by atoms with van der Waals surface area (Å²) in [6.45, 7) is 3.76. The molecule has 6 heteroatoms. The van der Waals surface area contributed by atoms with Crippen LogP contribution in [-0.2, 0) is 13.5 Å². The molecule has 0 saturated carbocycles. The normalized spacial score (nSPS) is 10.4. The number of amides is 1. The van der Waals surface area contributed by atoms with E-state index in [4.69, 9.17) is 0 Å². The van der Waals surface area contributed by atoms with E-state index in [2.05, 4.69) is 20.6 Å². The maximum Gasteiger partial charge on any atom is 0.258 e. The summed E-state index contributed by atoms with van der Waals surface area (Å²) >= 11 is 0. The topological polar surface area (TPSA) is 72.7 Å². The fourth-order valence-corrected chi connectivity index (χ4v) is 1.65. The Morgan fingerprint density at radius 2 is 2.22 bits per heavy atom. The molecule has 1 amide bonds. The molecule has 0 atom stereocenters. The molecular weight excluding hydrogens is 230 g/mol. The van der Waals surface area contributed by atoms with E-state index < -0.39 is 0 Å². The van der Waals surface area contributed by atoms with Crippen LogP contribution in [0.5, 0.6) is 0 Å². The van der Waals surface area contributed by atoms with Crippen molar-refractivity contribution < 1.29 is 4.79 Å². The second-order valence-electron chi connectivity index (χ2n) is 3.99. The van der Waals surface area contributed by atoms with Gasteiger partial charge in [0, 0.05) is 13.1 Å². The zero-order valence-corrected chi connectivity index (χ0v) is 10.6. The Morgan fingerprint density at radius 3 is 2.83 bits per heavy atom. The average molecular weight is 245 g/mol. The first-order valence-electron chi connectivity index (χ1n) is 5.74. The van der Waals surface area contributed by atoms with Crippen molar-refractivity contribution in [2.24, 2.45) is 7.05 Å². The molecule has 0 saturated heterocycles. The molecule has 0 aromatic carbocycles. The molecule has 0 aliphatic carbocycles. The Balaban J connectivity index is 2.29. The smallest absolute Gasteiger partial charge is 0.258 e. The van der Waals surface area contributed by atoms with Crippen LogP contribution in [0.2, 0.25) is 0 Å². The molecule has 2 heterocycles. The molecule has 0 unspecified atom stereocenters. The van der Waals surface area contributed by atoms with Crippen LogP contribution in [0.4, 0.5) is 5.82 Å². The van der Waals surface area contributed by atoms with Gasteiger partial charge in [-0.1, -0.05) is 6.92 Å². The van der Waals surface area contributed by atoms with Gasteiger partial charge < -0.3 is 5.32 Å². The van der Waals surface area contributed by atoms with Crippen molar-refractivity contribution in [3.8, 4) is 0 Å². The van der Waals surface area contributed by atoms with Crippen LogP contribution >= 0.6 is 0 Å². The van der Waals surface area contributed by atoms with Crippen LogP contribution < -0.4 is 5.32 Å². The van der Waals surface area contributed by atoms with E-state index >= 15 is 0 Å². The van der Waals surface area contributed by atoms with Gasteiger partial charge >= 0.3 is 0 Å². The highest BCUT2D eigenvalue weighted by Crippen LogP contribution is 2.11. The minimum absolute atomic E-state index is 0.187. The van der Waals surface area contributed by atoms with E-state index in [-0.39, 0.29) is 5.91 Å². The number of hydrogen-bond acceptors (Lipinski definition) is 4. The largest absolute Gasteiger partial charge is 0.307 e. The number of aryl methyl sites for hydroxylation is 3. The maximum atomic E-state index is 12.2. The lowest BCUT2D eigenvalue weighted by atomic mass is 10.1. The van der Waals surface area contributed by atoms with Crippen molar-refractivity contribution in [1.29, 1.82) is 0 Å². The van der Waals surface area contributed by atoms with Crippen LogP contribution in [0.15, 0.2) is 18.3 Å². The first-order chi connectivity index (χ1) is 8.61. The van der Waals surface area contributed by atoms with Gasteiger partial charge in [-0.3, -0.25) is 9.48 Å². The molecule has 6 nitrogen and oxygen atoms in total. The third-order valence-corrected chi connectivity index (χ3v) is 2.63. The van der Waals surface area contributed by atoms with Gasteiger partial charge in [-0.05, 0) is 19.4 Å². The highest BCUT2D eigenvalue weighted by molar-refractivity contribution is 6.04. The average Bonchev–Trinajstić information content (AvgIpc) is 2.75. The SMILES string of the molecule is CCc1nnc(C)cc1C(=O)Nc1ccnn1C. The number of carbonyl (C=O) groups is 1. The molecule has 0 aliphatic rings. The van der Waals surface area contributed by atoms with Crippen LogP contribution in [0.25, 0.3) is 0 Å². The Bertz CT molecular complexity index is 576. The summed E-state index contributed by atoms with van der Waals surface area (Å²) < 4.78 is 1.60. The number of rotatable bonds is 3. The number of anilines is 1. The lowest BCUT2D eigenvalue weighted by Crippen LogP contribution is -2.18. The predicted molar refractivity (Wildman–Crippen MR) is 67.3 cm³/mol. The fourth-order valence-electron chi connectivity index (χ4n) is 1.65. The second kappa shape index (κ2) is 4.95. The number of hydrogen-bond donors (Lipinski definition) is 1. The minimum Gasteiger partial charge on any atom is -0.307 e. The highest BCUT2D eigenvalue weighted by Gasteiger charge is 2.14. The zero-order chi connectivity index (χ0) is 13.1. The molecule has 1 N–H and O–H groups in total. The van der Waals surface area contributed by atoms with E-state index in [1.165, 1.54) is 0 Å². The van der Waals surface area contributed by atoms with Gasteiger partial charge in [-0.2, -0.15) is 15.3 Å². The van der Waals surface area contributed by atoms with E-state index in [0.29, 0.717) is 23.5 Å². The van der Waals surface area contributed by atoms with E-state index in [1.807, 2.05) is 13.8 Å². The molecule has 2 rings (SSSR count). The number of carbonyl (C=O) groups excluding carboxylic acids is 1. The van der Waals surface area contributed by atoms with Gasteiger partial charge in [0.05, 0.1) is 23.1 Å². The molecule has 18 heavy (non-hydrogen) atoms. The Morgan fingerprint density at radius 1 is 1.44 bits per heavy atom. The third kappa shape index (κ3) is 2.37. The summed E-state index contributed by atoms with van der Waals surface area (Å²) in [6.07, 6.45) is 2.30. The summed E-state index contributed by atoms with van der Waals surface area (Å²) in [4.78, 5) is 12.2. The number of aromatic nitrogens is 4. The monoisotopic (exact) mass is 245 g/mol. The van der Waals surface area contributed by atoms with Crippen molar-refractivity contribution in [2.75, 3.05) is 5.32 Å². The van der Waals surface area contributed by atoms with Gasteiger partial charge in [0.15, 0.2) is 0 Å². The first kappa shape index (κ1) is 12.2. The second-order valence-corrected chi connectivity index (χ2v) is 3.99. The molecule has 2 aromatic heterocycles. The highest BCUT2D eigenvalue weighted by atomic mass is 16.1. The summed E-state index contributed by atoms with van der Waals surface area (Å²) in [7, 11) is 1.77. The maximum absolute atomic E-state index is 12.2. The van der Waals surface area contributed by atoms with Crippen LogP contribution in [0, 0.1) is 6.92 Å². The Labute approximate surface area is 105 Å². The van der Waals surface area contributed by atoms with Gasteiger partial charge in [-0.25, -0.2) is 0 Å². The first-order valence-corrected chi connectivity index (χ1v) is 5.74. The molecule has 0 radical (unpaired) electrons. The van der Waals surface area contributed by atoms with Crippen molar-refractivity contribution in [2.45, 2.75) is 20.3 Å². The molecular formula is C12H15N5O. The Hall–Kier alpha value is -2.24. The van der Waals surface area contributed by atoms with Crippen molar-refractivity contribution >= 4 is 11.7 Å². The summed E-state index contributed by atoms with van der Waals surface area (Å²) in [5.74, 6) is 0.463. The van der Waals surface area contributed by atoms with Crippen molar-refractivity contribution in [1.82, 2.24) is 20.0 Å². The molecule has 94 valence electrons. The molecule has 0 fully saturated rings. The van der Waals surface area contributed by atoms with Crippen LogP contribution in [0.1, 0.15) is 28.7 Å². The van der Waals surface area contributed by atoms with Gasteiger partial charge in [0.25, 0.3) is 5.91 Å². The minimum atomic E-state index is -0.187. The molecule has 0 bridgehead atoms. The van der Waals surface area contributed by atoms with Gasteiger partial charge in [0.2, 0.25) is 0 Å². The molecule has 0 aliphatic heterocycles. The Kier molecular flexibility index (Phi) is 3.36. The van der Waals surface area contributed by atoms with Crippen molar-refractivity contribution in [3.63, 3.8) is 0 Å². The van der Waals surface area contributed by atoms with Gasteiger partial charge in [-0.15, -0.1) is 0 Å². The number of nitrogens with one attached hydrogen (secondary N) is 1. The summed E-state index contributed by atoms with van der Waals surface area (Å²) in [5, 5.41) is 14.8. The fraction of sp³-hybridized carbons (Fsp3) is 0.333.